The van der Waals surface area contributed by atoms with Gasteiger partial charge >= 0.3 is 0 Å². The van der Waals surface area contributed by atoms with E-state index in [1.54, 1.807) is 66.9 Å². The molecule has 0 unspecified atom stereocenters. The Hall–Kier alpha value is -4.57. The maximum Gasteiger partial charge on any atom is 0.266 e. The van der Waals surface area contributed by atoms with Crippen molar-refractivity contribution in [1.29, 1.82) is 0 Å². The summed E-state index contributed by atoms with van der Waals surface area (Å²) in [5.74, 6) is -0.279. The Labute approximate surface area is 215 Å². The van der Waals surface area contributed by atoms with E-state index in [1.165, 1.54) is 16.3 Å². The normalized spacial score (nSPS) is 12.6. The molecular formula is C27H23N5O4S. The van der Waals surface area contributed by atoms with Gasteiger partial charge in [0.25, 0.3) is 11.8 Å². The van der Waals surface area contributed by atoms with Crippen molar-refractivity contribution in [2.45, 2.75) is 12.8 Å². The Morgan fingerprint density at radius 3 is 2.16 bits per heavy atom. The topological polar surface area (TPSA) is 113 Å². The molecule has 37 heavy (non-hydrogen) atoms. The molecule has 186 valence electrons. The fourth-order valence-corrected chi connectivity index (χ4v) is 4.60. The number of carbonyl (C=O) groups is 2. The number of hydrogen-bond donors (Lipinski definition) is 2. The summed E-state index contributed by atoms with van der Waals surface area (Å²) in [7, 11) is -1.19. The van der Waals surface area contributed by atoms with Gasteiger partial charge in [0, 0.05) is 24.6 Å². The summed E-state index contributed by atoms with van der Waals surface area (Å²) in [6, 6.07) is 22.9. The molecule has 10 heteroatoms. The predicted octanol–water partition coefficient (Wildman–Crippen LogP) is 3.77. The molecule has 0 bridgehead atoms. The lowest BCUT2D eigenvalue weighted by Gasteiger charge is -2.16. The molecule has 5 rings (SSSR count). The molecule has 0 saturated heterocycles. The van der Waals surface area contributed by atoms with Crippen molar-refractivity contribution < 1.29 is 18.0 Å². The van der Waals surface area contributed by atoms with Crippen LogP contribution in [-0.2, 0) is 23.7 Å². The number of carbonyl (C=O) groups excluding carboxylic acids is 2. The average molecular weight is 514 g/mol. The molecular weight excluding hydrogens is 490 g/mol. The van der Waals surface area contributed by atoms with Crippen molar-refractivity contribution in [1.82, 2.24) is 9.97 Å². The smallest absolute Gasteiger partial charge is 0.266 e. The van der Waals surface area contributed by atoms with E-state index in [4.69, 9.17) is 0 Å². The molecule has 0 atom stereocenters. The Balaban J connectivity index is 1.27. The van der Waals surface area contributed by atoms with E-state index in [-0.39, 0.29) is 11.8 Å². The van der Waals surface area contributed by atoms with Crippen LogP contribution in [0, 0.1) is 0 Å². The van der Waals surface area contributed by atoms with Gasteiger partial charge in [-0.25, -0.2) is 23.3 Å². The van der Waals surface area contributed by atoms with E-state index in [1.807, 2.05) is 18.2 Å². The summed E-state index contributed by atoms with van der Waals surface area (Å²) in [5, 5.41) is 3.15. The highest BCUT2D eigenvalue weighted by Gasteiger charge is 2.36. The third kappa shape index (κ3) is 4.91. The first kappa shape index (κ1) is 24.1. The van der Waals surface area contributed by atoms with Crippen LogP contribution in [0.5, 0.6) is 0 Å². The minimum Gasteiger partial charge on any atom is -0.324 e. The van der Waals surface area contributed by atoms with Gasteiger partial charge in [-0.3, -0.25) is 13.9 Å². The third-order valence-electron chi connectivity index (χ3n) is 6.12. The first-order valence-corrected chi connectivity index (χ1v) is 12.7. The monoisotopic (exact) mass is 513 g/mol. The highest BCUT2D eigenvalue weighted by Crippen LogP contribution is 2.29. The van der Waals surface area contributed by atoms with Crippen LogP contribution in [-0.4, -0.2) is 37.2 Å². The summed E-state index contributed by atoms with van der Waals surface area (Å²) >= 11 is 0. The van der Waals surface area contributed by atoms with Crippen molar-refractivity contribution in [2.24, 2.45) is 0 Å². The van der Waals surface area contributed by atoms with Crippen LogP contribution in [0.1, 0.15) is 32.0 Å². The molecule has 0 radical (unpaired) electrons. The van der Waals surface area contributed by atoms with Crippen LogP contribution >= 0.6 is 0 Å². The first-order valence-electron chi connectivity index (χ1n) is 11.5. The number of fused-ring (bicyclic) bond motifs is 1. The fourth-order valence-electron chi connectivity index (χ4n) is 4.23. The van der Waals surface area contributed by atoms with E-state index in [0.29, 0.717) is 47.0 Å². The van der Waals surface area contributed by atoms with Crippen LogP contribution in [0.2, 0.25) is 0 Å². The number of nitrogens with one attached hydrogen (secondary N) is 1. The zero-order chi connectivity index (χ0) is 25.9. The number of imide groups is 1. The SMILES string of the molecule is CN(c1ccccc1CCc1ccnc(Nc2ccc(N3C(=O)c4ccccc4C3=O)cc2)n1)[SH](=O)=O. The van der Waals surface area contributed by atoms with Gasteiger partial charge in [0.1, 0.15) is 0 Å². The molecule has 2 amide bonds. The highest BCUT2D eigenvalue weighted by atomic mass is 32.2. The number of nitrogens with zero attached hydrogens (tertiary/aromatic N) is 4. The minimum absolute atomic E-state index is 0.341. The lowest BCUT2D eigenvalue weighted by molar-refractivity contribution is 0.0926. The van der Waals surface area contributed by atoms with Gasteiger partial charge in [-0.15, -0.1) is 0 Å². The van der Waals surface area contributed by atoms with Crippen molar-refractivity contribution in [3.05, 3.63) is 107 Å². The molecule has 0 saturated carbocycles. The van der Waals surface area contributed by atoms with Gasteiger partial charge in [-0.1, -0.05) is 30.3 Å². The number of amides is 2. The maximum absolute atomic E-state index is 12.7. The molecule has 0 fully saturated rings. The predicted molar refractivity (Wildman–Crippen MR) is 142 cm³/mol. The van der Waals surface area contributed by atoms with E-state index in [9.17, 15) is 18.0 Å². The molecule has 1 aromatic heterocycles. The lowest BCUT2D eigenvalue weighted by atomic mass is 10.1. The molecule has 3 aromatic carbocycles. The summed E-state index contributed by atoms with van der Waals surface area (Å²) in [6.45, 7) is 0. The Bertz CT molecular complexity index is 1530. The molecule has 1 aliphatic heterocycles. The Morgan fingerprint density at radius 2 is 1.49 bits per heavy atom. The summed E-state index contributed by atoms with van der Waals surface area (Å²) in [6.07, 6.45) is 2.86. The zero-order valence-corrected chi connectivity index (χ0v) is 20.8. The van der Waals surface area contributed by atoms with Crippen molar-refractivity contribution in [3.8, 4) is 0 Å². The number of aromatic nitrogens is 2. The number of anilines is 4. The number of thiol groups is 1. The number of hydrogen-bond acceptors (Lipinski definition) is 7. The Kier molecular flexibility index (Phi) is 6.65. The maximum atomic E-state index is 12.7. The zero-order valence-electron chi connectivity index (χ0n) is 19.9. The van der Waals surface area contributed by atoms with Gasteiger partial charge in [-0.05, 0) is 66.9 Å². The van der Waals surface area contributed by atoms with Gasteiger partial charge in [0.15, 0.2) is 0 Å². The fraction of sp³-hybridized carbons (Fsp3) is 0.111. The second kappa shape index (κ2) is 10.2. The lowest BCUT2D eigenvalue weighted by Crippen LogP contribution is -2.29. The summed E-state index contributed by atoms with van der Waals surface area (Å²) < 4.78 is 24.1. The van der Waals surface area contributed by atoms with Gasteiger partial charge in [0.2, 0.25) is 16.8 Å². The van der Waals surface area contributed by atoms with E-state index >= 15 is 0 Å². The van der Waals surface area contributed by atoms with Crippen molar-refractivity contribution >= 4 is 45.7 Å². The molecule has 2 heterocycles. The third-order valence-corrected chi connectivity index (χ3v) is 6.83. The second-order valence-electron chi connectivity index (χ2n) is 8.42. The van der Waals surface area contributed by atoms with Gasteiger partial charge in [0.05, 0.1) is 22.5 Å². The number of benzene rings is 3. The Morgan fingerprint density at radius 1 is 0.838 bits per heavy atom. The quantitative estimate of drug-likeness (QED) is 0.272. The minimum atomic E-state index is -2.72. The van der Waals surface area contributed by atoms with Crippen LogP contribution in [0.3, 0.4) is 0 Å². The molecule has 1 N–H and O–H groups in total. The van der Waals surface area contributed by atoms with Crippen LogP contribution in [0.25, 0.3) is 0 Å². The molecule has 0 spiro atoms. The van der Waals surface area contributed by atoms with Gasteiger partial charge in [-0.2, -0.15) is 0 Å². The van der Waals surface area contributed by atoms with Crippen molar-refractivity contribution in [2.75, 3.05) is 21.6 Å². The van der Waals surface area contributed by atoms with Crippen molar-refractivity contribution in [3.63, 3.8) is 0 Å². The van der Waals surface area contributed by atoms with Crippen LogP contribution in [0.4, 0.5) is 23.0 Å². The standard InChI is InChI=1S/C27H23N5O4S/c1-31(37(35)36)24-9-5-2-6-18(24)10-11-20-16-17-28-27(30-20)29-19-12-14-21(15-13-19)32-25(33)22-7-3-4-8-23(22)26(32)34/h2-9,12-17,37H,10-11H2,1H3,(H,28,29,30). The molecule has 1 aliphatic rings. The van der Waals surface area contributed by atoms with E-state index in [2.05, 4.69) is 15.3 Å². The van der Waals surface area contributed by atoms with E-state index < -0.39 is 10.9 Å². The van der Waals surface area contributed by atoms with Crippen LogP contribution < -0.4 is 14.5 Å². The molecule has 4 aromatic rings. The summed E-state index contributed by atoms with van der Waals surface area (Å²) in [4.78, 5) is 35.4. The number of aryl methyl sites for hydroxylation is 2. The summed E-state index contributed by atoms with van der Waals surface area (Å²) in [5.41, 5.74) is 4.32. The number of para-hydroxylation sites is 1. The largest absolute Gasteiger partial charge is 0.324 e. The number of rotatable bonds is 8. The van der Waals surface area contributed by atoms with Crippen LogP contribution in [0.15, 0.2) is 85.1 Å². The van der Waals surface area contributed by atoms with E-state index in [0.717, 1.165) is 11.3 Å². The molecule has 0 aliphatic carbocycles. The average Bonchev–Trinajstić information content (AvgIpc) is 3.17. The second-order valence-corrected chi connectivity index (χ2v) is 9.50. The highest BCUT2D eigenvalue weighted by molar-refractivity contribution is 7.74. The van der Waals surface area contributed by atoms with Gasteiger partial charge < -0.3 is 5.32 Å². The molecule has 9 nitrogen and oxygen atoms in total. The first-order chi connectivity index (χ1) is 17.9.